The zero-order valence-electron chi connectivity index (χ0n) is 13.5. The molecule has 0 bridgehead atoms. The second kappa shape index (κ2) is 7.28. The first kappa shape index (κ1) is 15.6. The summed E-state index contributed by atoms with van der Waals surface area (Å²) in [6, 6.07) is 2.24. The Labute approximate surface area is 123 Å². The highest BCUT2D eigenvalue weighted by Crippen LogP contribution is 2.20. The van der Waals surface area contributed by atoms with Gasteiger partial charge in [-0.05, 0) is 50.8 Å². The van der Waals surface area contributed by atoms with Gasteiger partial charge in [0.2, 0.25) is 0 Å². The molecule has 1 N–H and O–H groups in total. The molecule has 1 atom stereocenters. The van der Waals surface area contributed by atoms with Crippen molar-refractivity contribution in [3.8, 4) is 0 Å². The van der Waals surface area contributed by atoms with E-state index in [4.69, 9.17) is 4.42 Å². The van der Waals surface area contributed by atoms with Gasteiger partial charge in [0, 0.05) is 18.7 Å². The number of furan rings is 1. The average Bonchev–Trinajstić information content (AvgIpc) is 2.69. The molecule has 20 heavy (non-hydrogen) atoms. The van der Waals surface area contributed by atoms with E-state index in [1.807, 2.05) is 0 Å². The van der Waals surface area contributed by atoms with Crippen molar-refractivity contribution in [2.24, 2.45) is 11.8 Å². The maximum Gasteiger partial charge on any atom is 0.118 e. The summed E-state index contributed by atoms with van der Waals surface area (Å²) in [5.74, 6) is 3.71. The summed E-state index contributed by atoms with van der Waals surface area (Å²) >= 11 is 0. The van der Waals surface area contributed by atoms with Crippen LogP contribution < -0.4 is 5.32 Å². The molecule has 1 aromatic heterocycles. The molecular weight excluding hydrogens is 248 g/mol. The molecule has 1 aliphatic rings. The Bertz CT molecular complexity index is 411. The third kappa shape index (κ3) is 4.64. The SMILES string of the molecule is Cc1oc(CN2CCCC(C)C2)cc1CNCC(C)C. The van der Waals surface area contributed by atoms with Gasteiger partial charge < -0.3 is 9.73 Å². The molecule has 0 amide bonds. The van der Waals surface area contributed by atoms with E-state index in [9.17, 15) is 0 Å². The van der Waals surface area contributed by atoms with Gasteiger partial charge >= 0.3 is 0 Å². The van der Waals surface area contributed by atoms with Crippen molar-refractivity contribution in [1.82, 2.24) is 10.2 Å². The molecular formula is C17H30N2O. The summed E-state index contributed by atoms with van der Waals surface area (Å²) in [4.78, 5) is 2.53. The van der Waals surface area contributed by atoms with Crippen molar-refractivity contribution in [2.75, 3.05) is 19.6 Å². The van der Waals surface area contributed by atoms with Gasteiger partial charge in [0.15, 0.2) is 0 Å². The summed E-state index contributed by atoms with van der Waals surface area (Å²) in [5.41, 5.74) is 1.31. The Hall–Kier alpha value is -0.800. The Balaban J connectivity index is 1.86. The largest absolute Gasteiger partial charge is 0.465 e. The molecule has 1 aliphatic heterocycles. The number of nitrogens with one attached hydrogen (secondary N) is 1. The minimum Gasteiger partial charge on any atom is -0.465 e. The van der Waals surface area contributed by atoms with E-state index >= 15 is 0 Å². The maximum absolute atomic E-state index is 5.93. The predicted molar refractivity (Wildman–Crippen MR) is 83.7 cm³/mol. The Morgan fingerprint density at radius 1 is 1.45 bits per heavy atom. The fourth-order valence-corrected chi connectivity index (χ4v) is 2.99. The quantitative estimate of drug-likeness (QED) is 0.862. The summed E-state index contributed by atoms with van der Waals surface area (Å²) < 4.78 is 5.93. The van der Waals surface area contributed by atoms with Crippen LogP contribution >= 0.6 is 0 Å². The molecule has 0 aromatic carbocycles. The number of nitrogens with zero attached hydrogens (tertiary/aromatic N) is 1. The zero-order chi connectivity index (χ0) is 14.5. The van der Waals surface area contributed by atoms with E-state index in [0.717, 1.165) is 37.1 Å². The number of hydrogen-bond donors (Lipinski definition) is 1. The van der Waals surface area contributed by atoms with E-state index in [-0.39, 0.29) is 0 Å². The lowest BCUT2D eigenvalue weighted by Crippen LogP contribution is -2.33. The highest BCUT2D eigenvalue weighted by Gasteiger charge is 2.18. The van der Waals surface area contributed by atoms with Gasteiger partial charge in [0.1, 0.15) is 11.5 Å². The van der Waals surface area contributed by atoms with Crippen LogP contribution in [0, 0.1) is 18.8 Å². The Morgan fingerprint density at radius 3 is 2.95 bits per heavy atom. The van der Waals surface area contributed by atoms with Gasteiger partial charge in [-0.1, -0.05) is 20.8 Å². The maximum atomic E-state index is 5.93. The molecule has 2 rings (SSSR count). The summed E-state index contributed by atoms with van der Waals surface area (Å²) in [6.07, 6.45) is 2.70. The second-order valence-electron chi connectivity index (χ2n) is 6.80. The molecule has 2 heterocycles. The van der Waals surface area contributed by atoms with Gasteiger partial charge in [0.05, 0.1) is 6.54 Å². The lowest BCUT2D eigenvalue weighted by Gasteiger charge is -2.29. The van der Waals surface area contributed by atoms with Crippen molar-refractivity contribution < 1.29 is 4.42 Å². The van der Waals surface area contributed by atoms with Crippen LogP contribution in [0.5, 0.6) is 0 Å². The minimum absolute atomic E-state index is 0.691. The molecule has 0 spiro atoms. The topological polar surface area (TPSA) is 28.4 Å². The highest BCUT2D eigenvalue weighted by atomic mass is 16.3. The molecule has 0 saturated carbocycles. The van der Waals surface area contributed by atoms with Crippen molar-refractivity contribution in [3.05, 3.63) is 23.2 Å². The average molecular weight is 278 g/mol. The molecule has 1 fully saturated rings. The molecule has 3 nitrogen and oxygen atoms in total. The normalized spacial score (nSPS) is 20.8. The molecule has 3 heteroatoms. The van der Waals surface area contributed by atoms with Crippen LogP contribution in [0.2, 0.25) is 0 Å². The third-order valence-electron chi connectivity index (χ3n) is 4.06. The Kier molecular flexibility index (Phi) is 5.67. The van der Waals surface area contributed by atoms with Crippen LogP contribution in [-0.4, -0.2) is 24.5 Å². The number of likely N-dealkylation sites (tertiary alicyclic amines) is 1. The third-order valence-corrected chi connectivity index (χ3v) is 4.06. The fourth-order valence-electron chi connectivity index (χ4n) is 2.99. The van der Waals surface area contributed by atoms with Gasteiger partial charge in [-0.25, -0.2) is 0 Å². The number of rotatable bonds is 6. The van der Waals surface area contributed by atoms with E-state index in [1.54, 1.807) is 0 Å². The van der Waals surface area contributed by atoms with Crippen LogP contribution in [-0.2, 0) is 13.1 Å². The van der Waals surface area contributed by atoms with Crippen LogP contribution in [0.25, 0.3) is 0 Å². The van der Waals surface area contributed by atoms with Crippen LogP contribution in [0.3, 0.4) is 0 Å². The lowest BCUT2D eigenvalue weighted by atomic mass is 10.0. The van der Waals surface area contributed by atoms with Gasteiger partial charge in [-0.15, -0.1) is 0 Å². The Morgan fingerprint density at radius 2 is 2.25 bits per heavy atom. The van der Waals surface area contributed by atoms with E-state index in [2.05, 4.69) is 44.0 Å². The predicted octanol–water partition coefficient (Wildman–Crippen LogP) is 3.57. The smallest absolute Gasteiger partial charge is 0.118 e. The first-order valence-electron chi connectivity index (χ1n) is 8.06. The molecule has 0 radical (unpaired) electrons. The van der Waals surface area contributed by atoms with Gasteiger partial charge in [-0.2, -0.15) is 0 Å². The van der Waals surface area contributed by atoms with Crippen molar-refractivity contribution in [3.63, 3.8) is 0 Å². The summed E-state index contributed by atoms with van der Waals surface area (Å²) in [5, 5.41) is 3.49. The second-order valence-corrected chi connectivity index (χ2v) is 6.80. The number of aryl methyl sites for hydroxylation is 1. The number of piperidine rings is 1. The number of hydrogen-bond acceptors (Lipinski definition) is 3. The van der Waals surface area contributed by atoms with E-state index in [1.165, 1.54) is 31.5 Å². The van der Waals surface area contributed by atoms with E-state index < -0.39 is 0 Å². The first-order valence-corrected chi connectivity index (χ1v) is 8.06. The minimum atomic E-state index is 0.691. The standard InChI is InChI=1S/C17H30N2O/c1-13(2)9-18-10-16-8-17(20-15(16)4)12-19-7-5-6-14(3)11-19/h8,13-14,18H,5-7,9-12H2,1-4H3. The zero-order valence-corrected chi connectivity index (χ0v) is 13.5. The van der Waals surface area contributed by atoms with Crippen molar-refractivity contribution in [1.29, 1.82) is 0 Å². The van der Waals surface area contributed by atoms with Crippen molar-refractivity contribution >= 4 is 0 Å². The first-order chi connectivity index (χ1) is 9.54. The van der Waals surface area contributed by atoms with Crippen LogP contribution in [0.1, 0.15) is 50.7 Å². The highest BCUT2D eigenvalue weighted by molar-refractivity contribution is 5.20. The summed E-state index contributed by atoms with van der Waals surface area (Å²) in [6.45, 7) is 14.3. The monoisotopic (exact) mass is 278 g/mol. The van der Waals surface area contributed by atoms with Crippen molar-refractivity contribution in [2.45, 2.75) is 53.6 Å². The molecule has 0 aliphatic carbocycles. The summed E-state index contributed by atoms with van der Waals surface area (Å²) in [7, 11) is 0. The van der Waals surface area contributed by atoms with Crippen LogP contribution in [0.4, 0.5) is 0 Å². The van der Waals surface area contributed by atoms with Crippen LogP contribution in [0.15, 0.2) is 10.5 Å². The molecule has 1 saturated heterocycles. The fraction of sp³-hybridized carbons (Fsp3) is 0.765. The molecule has 114 valence electrons. The lowest BCUT2D eigenvalue weighted by molar-refractivity contribution is 0.165. The molecule has 1 unspecified atom stereocenters. The van der Waals surface area contributed by atoms with Gasteiger partial charge in [-0.3, -0.25) is 4.90 Å². The van der Waals surface area contributed by atoms with E-state index in [0.29, 0.717) is 5.92 Å². The van der Waals surface area contributed by atoms with Gasteiger partial charge in [0.25, 0.3) is 0 Å². The molecule has 1 aromatic rings.